The van der Waals surface area contributed by atoms with E-state index in [2.05, 4.69) is 44.7 Å². The van der Waals surface area contributed by atoms with Crippen molar-refractivity contribution in [2.24, 2.45) is 0 Å². The molecule has 6 aromatic rings. The Morgan fingerprint density at radius 2 is 1.23 bits per heavy atom. The lowest BCUT2D eigenvalue weighted by molar-refractivity contribution is 0.0519. The van der Waals surface area contributed by atoms with E-state index in [-0.39, 0.29) is 18.3 Å². The van der Waals surface area contributed by atoms with E-state index in [9.17, 15) is 9.59 Å². The van der Waals surface area contributed by atoms with Gasteiger partial charge in [0.05, 0.1) is 19.8 Å². The smallest absolute Gasteiger partial charge is 0.486 e. The van der Waals surface area contributed by atoms with E-state index in [4.69, 9.17) is 38.8 Å². The molecule has 16 heteroatoms. The monoisotopic (exact) mass is 910 g/mol. The molecule has 3 N–H and O–H groups in total. The molecular weight excluding hydrogens is 870 g/mol. The summed E-state index contributed by atoms with van der Waals surface area (Å²) in [5, 5.41) is 31.1. The van der Waals surface area contributed by atoms with Crippen molar-refractivity contribution in [2.75, 3.05) is 20.8 Å². The van der Waals surface area contributed by atoms with Crippen molar-refractivity contribution in [3.63, 3.8) is 0 Å². The summed E-state index contributed by atoms with van der Waals surface area (Å²) in [7, 11) is 1.88. The van der Waals surface area contributed by atoms with Crippen LogP contribution in [0.1, 0.15) is 49.0 Å². The second-order valence-electron chi connectivity index (χ2n) is 11.5. The molecule has 0 spiro atoms. The Hall–Kier alpha value is -4.69. The zero-order valence-corrected chi connectivity index (χ0v) is 34.6. The van der Waals surface area contributed by atoms with Crippen molar-refractivity contribution in [3.8, 4) is 22.6 Å². The van der Waals surface area contributed by atoms with E-state index in [1.54, 1.807) is 44.7 Å². The number of hydrogen-bond donors (Lipinski definition) is 3. The van der Waals surface area contributed by atoms with Crippen molar-refractivity contribution >= 4 is 69.8 Å². The first-order valence-electron chi connectivity index (χ1n) is 17.0. The fraction of sp³-hybridized carbons (Fsp3) is 0.200. The van der Waals surface area contributed by atoms with E-state index < -0.39 is 13.1 Å². The Labute approximate surface area is 347 Å². The average Bonchev–Trinajstić information content (AvgIpc) is 3.89. The second-order valence-corrected chi connectivity index (χ2v) is 14.7. The van der Waals surface area contributed by atoms with Crippen LogP contribution in [-0.4, -0.2) is 65.0 Å². The molecule has 292 valence electrons. The van der Waals surface area contributed by atoms with Crippen molar-refractivity contribution in [3.05, 3.63) is 144 Å². The van der Waals surface area contributed by atoms with Crippen molar-refractivity contribution in [2.45, 2.75) is 33.4 Å². The van der Waals surface area contributed by atoms with Crippen LogP contribution in [0.25, 0.3) is 11.1 Å². The Kier molecular flexibility index (Phi) is 18.4. The topological polar surface area (TPSA) is 167 Å². The number of carbonyl (C=O) groups is 2. The van der Waals surface area contributed by atoms with E-state index in [0.717, 1.165) is 36.6 Å². The zero-order valence-electron chi connectivity index (χ0n) is 30.8. The fourth-order valence-electron chi connectivity index (χ4n) is 4.73. The van der Waals surface area contributed by atoms with Crippen LogP contribution in [0, 0.1) is 3.57 Å². The molecule has 6 rings (SSSR count). The maximum atomic E-state index is 11.5. The second kappa shape index (κ2) is 23.4. The Morgan fingerprint density at radius 3 is 1.77 bits per heavy atom. The number of hydrogen-bond acceptors (Lipinski definition) is 13. The summed E-state index contributed by atoms with van der Waals surface area (Å²) in [4.78, 5) is 30.4. The number of aromatic nitrogens is 2. The summed E-state index contributed by atoms with van der Waals surface area (Å²) < 4.78 is 27.4. The molecule has 0 atom stereocenters. The minimum atomic E-state index is -1.40. The molecule has 2 aromatic heterocycles. The fourth-order valence-corrected chi connectivity index (χ4v) is 6.45. The molecular formula is C40H40BIN2O10S2. The van der Waals surface area contributed by atoms with Gasteiger partial charge in [0.15, 0.2) is 11.4 Å². The van der Waals surface area contributed by atoms with E-state index in [0.29, 0.717) is 48.3 Å². The Balaban J connectivity index is 0.000000199. The number of esters is 1. The summed E-state index contributed by atoms with van der Waals surface area (Å²) >= 11 is 4.90. The van der Waals surface area contributed by atoms with Gasteiger partial charge in [-0.1, -0.05) is 54.6 Å². The van der Waals surface area contributed by atoms with Crippen molar-refractivity contribution in [1.82, 2.24) is 9.97 Å². The molecule has 0 aliphatic carbocycles. The van der Waals surface area contributed by atoms with E-state index in [1.165, 1.54) is 28.1 Å². The summed E-state index contributed by atoms with van der Waals surface area (Å²) in [6, 6.07) is 30.7. The first-order chi connectivity index (χ1) is 27.1. The van der Waals surface area contributed by atoms with Crippen LogP contribution in [0.2, 0.25) is 0 Å². The normalized spacial score (nSPS) is 10.3. The lowest BCUT2D eigenvalue weighted by atomic mass is 9.80. The molecule has 12 nitrogen and oxygen atoms in total. The van der Waals surface area contributed by atoms with Gasteiger partial charge in [-0.3, -0.25) is 0 Å². The van der Waals surface area contributed by atoms with Gasteiger partial charge in [0.2, 0.25) is 0 Å². The largest absolute Gasteiger partial charge is 0.488 e. The first-order valence-corrected chi connectivity index (χ1v) is 19.8. The third-order valence-electron chi connectivity index (χ3n) is 7.33. The highest BCUT2D eigenvalue weighted by Gasteiger charge is 2.13. The maximum absolute atomic E-state index is 11.5. The van der Waals surface area contributed by atoms with E-state index >= 15 is 0 Å². The first kappa shape index (κ1) is 44.0. The van der Waals surface area contributed by atoms with Crippen molar-refractivity contribution in [1.29, 1.82) is 0 Å². The molecule has 2 heterocycles. The SMILES string of the molecule is CCOC(=O)c1csc(COc2ccc(I)cc2)n1.COCc1cccc(-c2ccc(OCc3nc(C(=O)O)cs3)cc2)c1.COCc1cccc(B(O)O)c1. The van der Waals surface area contributed by atoms with Crippen LogP contribution in [0.5, 0.6) is 11.5 Å². The highest BCUT2D eigenvalue weighted by Crippen LogP contribution is 2.24. The number of methoxy groups -OCH3 is 2. The van der Waals surface area contributed by atoms with Crippen LogP contribution >= 0.6 is 45.3 Å². The third-order valence-corrected chi connectivity index (χ3v) is 9.70. The molecule has 0 unspecified atom stereocenters. The van der Waals surface area contributed by atoms with Gasteiger partial charge in [-0.05, 0) is 99.7 Å². The number of aromatic carboxylic acids is 1. The molecule has 0 radical (unpaired) electrons. The lowest BCUT2D eigenvalue weighted by Gasteiger charge is -2.07. The third kappa shape index (κ3) is 14.8. The number of carbonyl (C=O) groups excluding carboxylic acids is 1. The maximum Gasteiger partial charge on any atom is 0.488 e. The summed E-state index contributed by atoms with van der Waals surface area (Å²) in [5.41, 5.74) is 5.15. The van der Waals surface area contributed by atoms with Gasteiger partial charge in [-0.15, -0.1) is 22.7 Å². The summed E-state index contributed by atoms with van der Waals surface area (Å²) in [6.07, 6.45) is 0. The summed E-state index contributed by atoms with van der Waals surface area (Å²) in [5.74, 6) is 0.0824. The number of nitrogens with zero attached hydrogens (tertiary/aromatic N) is 2. The van der Waals surface area contributed by atoms with Crippen LogP contribution in [-0.2, 0) is 40.6 Å². The number of ether oxygens (including phenoxy) is 5. The Morgan fingerprint density at radius 1 is 0.696 bits per heavy atom. The molecule has 0 aliphatic rings. The number of benzene rings is 4. The average molecular weight is 911 g/mol. The summed E-state index contributed by atoms with van der Waals surface area (Å²) in [6.45, 7) is 3.79. The molecule has 0 bridgehead atoms. The predicted octanol–water partition coefficient (Wildman–Crippen LogP) is 7.25. The molecule has 4 aromatic carbocycles. The number of halogens is 1. The van der Waals surface area contributed by atoms with Crippen LogP contribution < -0.4 is 14.9 Å². The van der Waals surface area contributed by atoms with Gasteiger partial charge in [0.25, 0.3) is 0 Å². The minimum absolute atomic E-state index is 0.0508. The molecule has 0 amide bonds. The van der Waals surface area contributed by atoms with Gasteiger partial charge in [-0.25, -0.2) is 19.6 Å². The highest BCUT2D eigenvalue weighted by atomic mass is 127. The van der Waals surface area contributed by atoms with E-state index in [1.807, 2.05) is 66.7 Å². The standard InChI is InChI=1S/C19H17NO4S.C13H12INO3S.C8H11BO3/c1-23-10-13-3-2-4-15(9-13)14-5-7-16(8-6-14)24-11-18-20-17(12-25-18)19(21)22;1-2-17-13(16)11-8-19-12(15-11)7-18-10-5-3-9(14)4-6-10;1-12-6-7-3-2-4-8(5-7)9(10)11/h2-9,12H,10-11H2,1H3,(H,21,22);3-6,8H,2,7H2,1H3;2-5,10-11H,6H2,1H3. The molecule has 0 fully saturated rings. The quantitative estimate of drug-likeness (QED) is 0.0538. The number of thiazole rings is 2. The number of carboxylic acids is 1. The highest BCUT2D eigenvalue weighted by molar-refractivity contribution is 14.1. The molecule has 0 saturated carbocycles. The van der Waals surface area contributed by atoms with Gasteiger partial charge >= 0.3 is 19.1 Å². The zero-order chi connectivity index (χ0) is 40.3. The lowest BCUT2D eigenvalue weighted by Crippen LogP contribution is -2.29. The molecule has 56 heavy (non-hydrogen) atoms. The van der Waals surface area contributed by atoms with Crippen LogP contribution in [0.15, 0.2) is 108 Å². The number of carboxylic acid groups (broad SMARTS) is 1. The molecule has 0 aliphatic heterocycles. The Bertz CT molecular complexity index is 2110. The minimum Gasteiger partial charge on any atom is -0.486 e. The van der Waals surface area contributed by atoms with Crippen molar-refractivity contribution < 1.29 is 48.4 Å². The van der Waals surface area contributed by atoms with Gasteiger partial charge < -0.3 is 38.8 Å². The van der Waals surface area contributed by atoms with Gasteiger partial charge in [0, 0.05) is 28.5 Å². The van der Waals surface area contributed by atoms with Gasteiger partial charge in [-0.2, -0.15) is 0 Å². The van der Waals surface area contributed by atoms with Crippen LogP contribution in [0.3, 0.4) is 0 Å². The predicted molar refractivity (Wildman–Crippen MR) is 225 cm³/mol. The molecule has 0 saturated heterocycles. The number of rotatable bonds is 15. The van der Waals surface area contributed by atoms with Crippen LogP contribution in [0.4, 0.5) is 0 Å². The van der Waals surface area contributed by atoms with Gasteiger partial charge in [0.1, 0.15) is 34.7 Å².